The molecule has 3 aromatic carbocycles. The molecule has 0 aliphatic carbocycles. The summed E-state index contributed by atoms with van der Waals surface area (Å²) in [5.74, 6) is -0.0949. The van der Waals surface area contributed by atoms with Crippen LogP contribution >= 0.6 is 12.2 Å². The average molecular weight is 420 g/mol. The normalized spacial score (nSPS) is 10.0. The van der Waals surface area contributed by atoms with Crippen molar-refractivity contribution in [1.82, 2.24) is 16.2 Å². The van der Waals surface area contributed by atoms with E-state index in [0.717, 1.165) is 11.1 Å². The number of carbonyl (C=O) groups is 2. The lowest BCUT2D eigenvalue weighted by Gasteiger charge is -2.11. The van der Waals surface area contributed by atoms with Crippen molar-refractivity contribution in [1.29, 1.82) is 0 Å². The first-order valence-electron chi connectivity index (χ1n) is 9.26. The van der Waals surface area contributed by atoms with Gasteiger partial charge in [-0.3, -0.25) is 25.8 Å². The SMILES string of the molecule is Cc1ccc(C(=O)NC(=S)NNC(=O)c2ccc(OCc3ccccc3)cc2)cc1. The lowest BCUT2D eigenvalue weighted by molar-refractivity contribution is 0.0934. The predicted molar refractivity (Wildman–Crippen MR) is 119 cm³/mol. The smallest absolute Gasteiger partial charge is 0.269 e. The zero-order valence-electron chi connectivity index (χ0n) is 16.3. The molecule has 3 N–H and O–H groups in total. The molecule has 0 spiro atoms. The second-order valence-corrected chi connectivity index (χ2v) is 6.94. The van der Waals surface area contributed by atoms with E-state index in [1.54, 1.807) is 36.4 Å². The monoisotopic (exact) mass is 419 g/mol. The maximum absolute atomic E-state index is 12.2. The van der Waals surface area contributed by atoms with Gasteiger partial charge in [0.05, 0.1) is 0 Å². The number of benzene rings is 3. The van der Waals surface area contributed by atoms with E-state index in [9.17, 15) is 9.59 Å². The molecular formula is C23H21N3O3S. The third-order valence-electron chi connectivity index (χ3n) is 4.20. The van der Waals surface area contributed by atoms with Crippen molar-refractivity contribution in [2.75, 3.05) is 0 Å². The third-order valence-corrected chi connectivity index (χ3v) is 4.40. The van der Waals surface area contributed by atoms with Crippen LogP contribution in [0.4, 0.5) is 0 Å². The van der Waals surface area contributed by atoms with Gasteiger partial charge in [-0.05, 0) is 61.1 Å². The summed E-state index contributed by atoms with van der Waals surface area (Å²) in [7, 11) is 0. The largest absolute Gasteiger partial charge is 0.489 e. The van der Waals surface area contributed by atoms with Crippen molar-refractivity contribution in [2.45, 2.75) is 13.5 Å². The Kier molecular flexibility index (Phi) is 7.13. The predicted octanol–water partition coefficient (Wildman–Crippen LogP) is 3.52. The number of aryl methyl sites for hydroxylation is 1. The van der Waals surface area contributed by atoms with Gasteiger partial charge in [-0.25, -0.2) is 0 Å². The maximum Gasteiger partial charge on any atom is 0.269 e. The molecule has 152 valence electrons. The summed E-state index contributed by atoms with van der Waals surface area (Å²) in [5, 5.41) is 2.51. The molecule has 0 aliphatic heterocycles. The highest BCUT2D eigenvalue weighted by Crippen LogP contribution is 2.14. The van der Waals surface area contributed by atoms with Crippen LogP contribution in [0, 0.1) is 6.92 Å². The quantitative estimate of drug-likeness (QED) is 0.436. The van der Waals surface area contributed by atoms with Crippen molar-refractivity contribution < 1.29 is 14.3 Å². The van der Waals surface area contributed by atoms with Crippen LogP contribution in [-0.2, 0) is 6.61 Å². The van der Waals surface area contributed by atoms with Crippen LogP contribution in [-0.4, -0.2) is 16.9 Å². The van der Waals surface area contributed by atoms with Crippen molar-refractivity contribution in [3.63, 3.8) is 0 Å². The number of hydrogen-bond acceptors (Lipinski definition) is 4. The van der Waals surface area contributed by atoms with E-state index in [1.165, 1.54) is 0 Å². The molecule has 0 fully saturated rings. The molecule has 0 bridgehead atoms. The molecule has 0 atom stereocenters. The Bertz CT molecular complexity index is 1020. The molecule has 0 heterocycles. The molecule has 0 aromatic heterocycles. The zero-order valence-corrected chi connectivity index (χ0v) is 17.2. The lowest BCUT2D eigenvalue weighted by Crippen LogP contribution is -2.48. The van der Waals surface area contributed by atoms with Gasteiger partial charge in [0.25, 0.3) is 11.8 Å². The van der Waals surface area contributed by atoms with Gasteiger partial charge in [0, 0.05) is 11.1 Å². The Morgan fingerprint density at radius 2 is 1.40 bits per heavy atom. The van der Waals surface area contributed by atoms with Gasteiger partial charge < -0.3 is 4.74 Å². The summed E-state index contributed by atoms with van der Waals surface area (Å²) in [6, 6.07) is 23.6. The second-order valence-electron chi connectivity index (χ2n) is 6.53. The highest BCUT2D eigenvalue weighted by atomic mass is 32.1. The van der Waals surface area contributed by atoms with Crippen molar-refractivity contribution >= 4 is 29.1 Å². The Balaban J connectivity index is 1.45. The number of hydrazine groups is 1. The van der Waals surface area contributed by atoms with Gasteiger partial charge in [0.15, 0.2) is 5.11 Å². The molecule has 0 saturated carbocycles. The van der Waals surface area contributed by atoms with E-state index in [0.29, 0.717) is 23.5 Å². The van der Waals surface area contributed by atoms with Crippen LogP contribution in [0.1, 0.15) is 31.8 Å². The Hall–Kier alpha value is -3.71. The van der Waals surface area contributed by atoms with E-state index >= 15 is 0 Å². The molecule has 0 saturated heterocycles. The highest BCUT2D eigenvalue weighted by molar-refractivity contribution is 7.80. The fourth-order valence-electron chi connectivity index (χ4n) is 2.54. The maximum atomic E-state index is 12.2. The first kappa shape index (κ1) is 21.0. The Morgan fingerprint density at radius 3 is 2.07 bits per heavy atom. The second kappa shape index (κ2) is 10.2. The number of rotatable bonds is 5. The molecule has 7 heteroatoms. The topological polar surface area (TPSA) is 79.5 Å². The van der Waals surface area contributed by atoms with E-state index < -0.39 is 5.91 Å². The van der Waals surface area contributed by atoms with Crippen molar-refractivity contribution in [3.8, 4) is 5.75 Å². The Labute approximate surface area is 180 Å². The zero-order chi connectivity index (χ0) is 21.3. The summed E-state index contributed by atoms with van der Waals surface area (Å²) < 4.78 is 5.70. The minimum absolute atomic E-state index is 0.00302. The minimum Gasteiger partial charge on any atom is -0.489 e. The summed E-state index contributed by atoms with van der Waals surface area (Å²) in [6.45, 7) is 2.38. The Morgan fingerprint density at radius 1 is 0.800 bits per heavy atom. The standard InChI is InChI=1S/C23H21N3O3S/c1-16-7-9-18(10-8-16)21(27)24-23(30)26-25-22(28)19-11-13-20(14-12-19)29-15-17-5-3-2-4-6-17/h2-14H,15H2,1H3,(H,25,28)(H2,24,26,27,30). The summed E-state index contributed by atoms with van der Waals surface area (Å²) in [5.41, 5.74) is 7.98. The van der Waals surface area contributed by atoms with Crippen LogP contribution in [0.3, 0.4) is 0 Å². The molecule has 2 amide bonds. The van der Waals surface area contributed by atoms with E-state index in [1.807, 2.05) is 49.4 Å². The number of hydrogen-bond donors (Lipinski definition) is 3. The summed E-state index contributed by atoms with van der Waals surface area (Å²) >= 11 is 5.05. The van der Waals surface area contributed by atoms with Gasteiger partial charge in [-0.1, -0.05) is 48.0 Å². The van der Waals surface area contributed by atoms with E-state index in [-0.39, 0.29) is 11.0 Å². The van der Waals surface area contributed by atoms with E-state index in [2.05, 4.69) is 16.2 Å². The molecule has 6 nitrogen and oxygen atoms in total. The number of amides is 2. The van der Waals surface area contributed by atoms with Crippen LogP contribution in [0.2, 0.25) is 0 Å². The van der Waals surface area contributed by atoms with Crippen molar-refractivity contribution in [2.24, 2.45) is 0 Å². The summed E-state index contributed by atoms with van der Waals surface area (Å²) in [6.07, 6.45) is 0. The van der Waals surface area contributed by atoms with Crippen LogP contribution in [0.25, 0.3) is 0 Å². The van der Waals surface area contributed by atoms with Crippen LogP contribution < -0.4 is 20.9 Å². The molecule has 0 unspecified atom stereocenters. The number of ether oxygens (including phenoxy) is 1. The van der Waals surface area contributed by atoms with Gasteiger partial charge in [0.1, 0.15) is 12.4 Å². The molecule has 0 aliphatic rings. The minimum atomic E-state index is -0.392. The van der Waals surface area contributed by atoms with Crippen molar-refractivity contribution in [3.05, 3.63) is 101 Å². The molecule has 30 heavy (non-hydrogen) atoms. The van der Waals surface area contributed by atoms with E-state index in [4.69, 9.17) is 17.0 Å². The van der Waals surface area contributed by atoms with Crippen LogP contribution in [0.5, 0.6) is 5.75 Å². The number of carbonyl (C=O) groups excluding carboxylic acids is 2. The third kappa shape index (κ3) is 6.15. The molecular weight excluding hydrogens is 398 g/mol. The first-order chi connectivity index (χ1) is 14.5. The first-order valence-corrected chi connectivity index (χ1v) is 9.67. The lowest BCUT2D eigenvalue weighted by atomic mass is 10.1. The van der Waals surface area contributed by atoms with Gasteiger partial charge in [-0.15, -0.1) is 0 Å². The molecule has 0 radical (unpaired) electrons. The number of nitrogens with one attached hydrogen (secondary N) is 3. The molecule has 3 rings (SSSR count). The average Bonchev–Trinajstić information content (AvgIpc) is 2.77. The van der Waals surface area contributed by atoms with Gasteiger partial charge in [0.2, 0.25) is 0 Å². The summed E-state index contributed by atoms with van der Waals surface area (Å²) in [4.78, 5) is 24.4. The fraction of sp³-hybridized carbons (Fsp3) is 0.0870. The van der Waals surface area contributed by atoms with Crippen LogP contribution in [0.15, 0.2) is 78.9 Å². The number of thiocarbonyl (C=S) groups is 1. The highest BCUT2D eigenvalue weighted by Gasteiger charge is 2.09. The molecule has 3 aromatic rings. The van der Waals surface area contributed by atoms with Gasteiger partial charge >= 0.3 is 0 Å². The fourth-order valence-corrected chi connectivity index (χ4v) is 2.68. The van der Waals surface area contributed by atoms with Gasteiger partial charge in [-0.2, -0.15) is 0 Å².